The van der Waals surface area contributed by atoms with Crippen molar-refractivity contribution in [3.8, 4) is 0 Å². The normalized spacial score (nSPS) is 19.6. The molecule has 3 atom stereocenters. The monoisotopic (exact) mass is 503 g/mol. The number of carbonyl (C=O) groups excluding carboxylic acids is 3. The summed E-state index contributed by atoms with van der Waals surface area (Å²) in [6.07, 6.45) is 11.1. The smallest absolute Gasteiger partial charge is 0.326 e. The zero-order chi connectivity index (χ0) is 26.7. The minimum atomic E-state index is -1.04. The minimum Gasteiger partial charge on any atom is -0.480 e. The highest BCUT2D eigenvalue weighted by atomic mass is 16.4. The van der Waals surface area contributed by atoms with Crippen LogP contribution in [-0.2, 0) is 14.4 Å². The Morgan fingerprint density at radius 1 is 1.03 bits per heavy atom. The molecule has 0 radical (unpaired) electrons. The lowest BCUT2D eigenvalue weighted by atomic mass is 9.83. The number of hydrogen-bond donors (Lipinski definition) is 3. The van der Waals surface area contributed by atoms with Crippen LogP contribution in [0.2, 0.25) is 0 Å². The maximum atomic E-state index is 13.4. The number of hydrogen-bond acceptors (Lipinski definition) is 6. The Hall–Kier alpha value is -3.04. The fraction of sp³-hybridized carbons (Fsp3) is 0.692. The Morgan fingerprint density at radius 2 is 1.69 bits per heavy atom. The molecule has 2 aliphatic rings. The second-order valence-corrected chi connectivity index (χ2v) is 9.91. The molecule has 3 N–H and O–H groups in total. The quantitative estimate of drug-likeness (QED) is 0.495. The highest BCUT2D eigenvalue weighted by Crippen LogP contribution is 2.27. The van der Waals surface area contributed by atoms with Gasteiger partial charge in [0.1, 0.15) is 23.8 Å². The second kappa shape index (κ2) is 14.5. The van der Waals surface area contributed by atoms with E-state index in [0.29, 0.717) is 19.4 Å². The number of likely N-dealkylation sites (tertiary alicyclic amines) is 1. The predicted octanol–water partition coefficient (Wildman–Crippen LogP) is 2.79. The molecule has 0 unspecified atom stereocenters. The third kappa shape index (κ3) is 7.99. The molecule has 1 aromatic heterocycles. The fourth-order valence-electron chi connectivity index (χ4n) is 4.72. The molecule has 3 amide bonds. The van der Waals surface area contributed by atoms with Gasteiger partial charge < -0.3 is 20.6 Å². The Bertz CT molecular complexity index is 873. The van der Waals surface area contributed by atoms with Gasteiger partial charge in [0, 0.05) is 18.9 Å². The van der Waals surface area contributed by atoms with Gasteiger partial charge in [0.25, 0.3) is 5.91 Å². The van der Waals surface area contributed by atoms with Crippen molar-refractivity contribution >= 4 is 23.7 Å². The van der Waals surface area contributed by atoms with E-state index in [1.807, 2.05) is 13.8 Å². The van der Waals surface area contributed by atoms with Crippen LogP contribution >= 0.6 is 0 Å². The van der Waals surface area contributed by atoms with Gasteiger partial charge in [0.2, 0.25) is 11.8 Å². The number of rotatable bonds is 8. The predicted molar refractivity (Wildman–Crippen MR) is 135 cm³/mol. The molecule has 0 bridgehead atoms. The number of aliphatic carboxylic acids is 1. The van der Waals surface area contributed by atoms with Crippen LogP contribution in [0.4, 0.5) is 0 Å². The van der Waals surface area contributed by atoms with Gasteiger partial charge in [-0.05, 0) is 37.5 Å². The Kier molecular flexibility index (Phi) is 11.8. The van der Waals surface area contributed by atoms with E-state index in [0.717, 1.165) is 32.1 Å². The van der Waals surface area contributed by atoms with Crippen molar-refractivity contribution < 1.29 is 24.3 Å². The van der Waals surface area contributed by atoms with E-state index in [1.54, 1.807) is 0 Å². The van der Waals surface area contributed by atoms with Gasteiger partial charge in [-0.25, -0.2) is 9.78 Å². The first-order valence-electron chi connectivity index (χ1n) is 13.1. The summed E-state index contributed by atoms with van der Waals surface area (Å²) in [5.41, 5.74) is 0.115. The van der Waals surface area contributed by atoms with Gasteiger partial charge in [0.05, 0.1) is 6.20 Å². The van der Waals surface area contributed by atoms with Crippen LogP contribution in [0.15, 0.2) is 18.6 Å². The summed E-state index contributed by atoms with van der Waals surface area (Å²) in [5.74, 6) is -2.67. The van der Waals surface area contributed by atoms with E-state index in [9.17, 15) is 24.3 Å². The van der Waals surface area contributed by atoms with Crippen molar-refractivity contribution in [2.75, 3.05) is 6.54 Å². The van der Waals surface area contributed by atoms with Crippen molar-refractivity contribution in [3.05, 3.63) is 24.3 Å². The molecule has 1 aliphatic carbocycles. The van der Waals surface area contributed by atoms with Gasteiger partial charge >= 0.3 is 5.97 Å². The van der Waals surface area contributed by atoms with Crippen LogP contribution in [0.1, 0.15) is 89.5 Å². The summed E-state index contributed by atoms with van der Waals surface area (Å²) < 4.78 is 0. The lowest BCUT2D eigenvalue weighted by Gasteiger charge is -2.33. The molecule has 1 saturated carbocycles. The van der Waals surface area contributed by atoms with Gasteiger partial charge in [-0.3, -0.25) is 19.4 Å². The number of carboxylic acid groups (broad SMARTS) is 1. The molecule has 10 heteroatoms. The van der Waals surface area contributed by atoms with Gasteiger partial charge in [-0.15, -0.1) is 0 Å². The number of nitrogens with one attached hydrogen (secondary N) is 2. The van der Waals surface area contributed by atoms with Crippen molar-refractivity contribution in [3.63, 3.8) is 0 Å². The lowest BCUT2D eigenvalue weighted by molar-refractivity contribution is -0.150. The van der Waals surface area contributed by atoms with Gasteiger partial charge in [-0.1, -0.05) is 53.4 Å². The molecule has 2 fully saturated rings. The van der Waals surface area contributed by atoms with E-state index in [-0.39, 0.29) is 17.5 Å². The molecule has 1 aromatic rings. The highest BCUT2D eigenvalue weighted by molar-refractivity contribution is 5.97. The summed E-state index contributed by atoms with van der Waals surface area (Å²) in [4.78, 5) is 60.2. The van der Waals surface area contributed by atoms with Crippen LogP contribution in [0, 0.1) is 11.8 Å². The van der Waals surface area contributed by atoms with E-state index in [4.69, 9.17) is 0 Å². The van der Waals surface area contributed by atoms with E-state index in [2.05, 4.69) is 34.4 Å². The van der Waals surface area contributed by atoms with Crippen LogP contribution in [0.25, 0.3) is 0 Å². The Morgan fingerprint density at radius 3 is 2.25 bits per heavy atom. The standard InChI is InChI=1S/C23H33N5O5.C3H8/c1-14(2)18(22(31)28-12-6-9-17(28)23(32)33)26-21(30)19(15-7-4-3-5-8-15)27-20(29)16-13-24-10-11-25-16;1-3-2/h10-11,13-15,17-19H,3-9,12H2,1-2H3,(H,26,30)(H,27,29)(H,32,33);3H2,1-2H3/t17-,18-,19-;/m0./s1. The first-order valence-corrected chi connectivity index (χ1v) is 13.1. The van der Waals surface area contributed by atoms with Crippen molar-refractivity contribution in [1.82, 2.24) is 25.5 Å². The lowest BCUT2D eigenvalue weighted by Crippen LogP contribution is -2.59. The van der Waals surface area contributed by atoms with E-state index in [1.165, 1.54) is 29.9 Å². The number of amides is 3. The summed E-state index contributed by atoms with van der Waals surface area (Å²) >= 11 is 0. The number of nitrogens with zero attached hydrogens (tertiary/aromatic N) is 3. The zero-order valence-electron chi connectivity index (χ0n) is 21.9. The molecule has 1 aliphatic heterocycles. The van der Waals surface area contributed by atoms with Crippen molar-refractivity contribution in [1.29, 1.82) is 0 Å². The molecule has 0 spiro atoms. The SMILES string of the molecule is CC(C)[C@H](NC(=O)[C@@H](NC(=O)c1cnccn1)C1CCCCC1)C(=O)N1CCC[C@H]1C(=O)O.CCC. The minimum absolute atomic E-state index is 0.0548. The summed E-state index contributed by atoms with van der Waals surface area (Å²) in [6.45, 7) is 8.22. The molecule has 0 aromatic carbocycles. The third-order valence-electron chi connectivity index (χ3n) is 6.54. The summed E-state index contributed by atoms with van der Waals surface area (Å²) in [5, 5.41) is 15.1. The average Bonchev–Trinajstić information content (AvgIpc) is 3.37. The van der Waals surface area contributed by atoms with E-state index >= 15 is 0 Å². The molecular formula is C26H41N5O5. The van der Waals surface area contributed by atoms with Gasteiger partial charge in [0.15, 0.2) is 0 Å². The summed E-state index contributed by atoms with van der Waals surface area (Å²) in [7, 11) is 0. The molecule has 200 valence electrons. The maximum absolute atomic E-state index is 13.4. The van der Waals surface area contributed by atoms with Crippen molar-refractivity contribution in [2.45, 2.75) is 97.2 Å². The van der Waals surface area contributed by atoms with Crippen molar-refractivity contribution in [2.24, 2.45) is 11.8 Å². The Labute approximate surface area is 213 Å². The molecule has 10 nitrogen and oxygen atoms in total. The molecule has 2 heterocycles. The number of aromatic nitrogens is 2. The fourth-order valence-corrected chi connectivity index (χ4v) is 4.72. The number of carbonyl (C=O) groups is 4. The van der Waals surface area contributed by atoms with E-state index < -0.39 is 41.8 Å². The topological polar surface area (TPSA) is 142 Å². The Balaban J connectivity index is 0.00000145. The largest absolute Gasteiger partial charge is 0.480 e. The van der Waals surface area contributed by atoms with Crippen LogP contribution in [0.5, 0.6) is 0 Å². The van der Waals surface area contributed by atoms with Crippen LogP contribution < -0.4 is 10.6 Å². The second-order valence-electron chi connectivity index (χ2n) is 9.91. The average molecular weight is 504 g/mol. The first-order chi connectivity index (χ1) is 17.2. The third-order valence-corrected chi connectivity index (χ3v) is 6.54. The maximum Gasteiger partial charge on any atom is 0.326 e. The molecule has 1 saturated heterocycles. The van der Waals surface area contributed by atoms with Crippen LogP contribution in [0.3, 0.4) is 0 Å². The molecular weight excluding hydrogens is 462 g/mol. The zero-order valence-corrected chi connectivity index (χ0v) is 21.9. The number of carboxylic acids is 1. The highest BCUT2D eigenvalue weighted by Gasteiger charge is 2.40. The molecule has 36 heavy (non-hydrogen) atoms. The van der Waals surface area contributed by atoms with Gasteiger partial charge in [-0.2, -0.15) is 0 Å². The molecule has 3 rings (SSSR count). The first kappa shape index (κ1) is 29.2. The van der Waals surface area contributed by atoms with Crippen LogP contribution in [-0.4, -0.2) is 68.3 Å². The summed E-state index contributed by atoms with van der Waals surface area (Å²) in [6, 6.07) is -2.57.